The highest BCUT2D eigenvalue weighted by Gasteiger charge is 2.06. The van der Waals surface area contributed by atoms with Gasteiger partial charge < -0.3 is 5.32 Å². The lowest BCUT2D eigenvalue weighted by atomic mass is 10.1. The third-order valence-electron chi connectivity index (χ3n) is 2.88. The predicted octanol–water partition coefficient (Wildman–Crippen LogP) is 5.61. The summed E-state index contributed by atoms with van der Waals surface area (Å²) in [6.45, 7) is 2.86. The van der Waals surface area contributed by atoms with Gasteiger partial charge in [0.2, 0.25) is 0 Å². The van der Waals surface area contributed by atoms with Crippen molar-refractivity contribution >= 4 is 39.1 Å². The Morgan fingerprint density at radius 3 is 2.42 bits per heavy atom. The molecule has 0 radical (unpaired) electrons. The zero-order valence-electron chi connectivity index (χ0n) is 10.5. The molecule has 0 spiro atoms. The van der Waals surface area contributed by atoms with Crippen LogP contribution in [0.3, 0.4) is 0 Å². The van der Waals surface area contributed by atoms with Crippen molar-refractivity contribution in [1.82, 2.24) is 5.32 Å². The molecule has 100 valence electrons. The molecule has 0 aliphatic heterocycles. The number of hydrogen-bond acceptors (Lipinski definition) is 1. The molecule has 1 nitrogen and oxygen atoms in total. The number of hydrogen-bond donors (Lipinski definition) is 1. The van der Waals surface area contributed by atoms with Gasteiger partial charge in [-0.3, -0.25) is 0 Å². The minimum absolute atomic E-state index is 0.259. The van der Waals surface area contributed by atoms with Gasteiger partial charge >= 0.3 is 0 Å². The number of halogens is 3. The van der Waals surface area contributed by atoms with Gasteiger partial charge in [-0.15, -0.1) is 0 Å². The highest BCUT2D eigenvalue weighted by molar-refractivity contribution is 9.10. The van der Waals surface area contributed by atoms with Gasteiger partial charge in [-0.05, 0) is 48.4 Å². The first-order chi connectivity index (χ1) is 9.04. The summed E-state index contributed by atoms with van der Waals surface area (Å²) < 4.78 is 1.09. The van der Waals surface area contributed by atoms with Gasteiger partial charge in [-0.25, -0.2) is 0 Å². The Hall–Kier alpha value is -0.540. The van der Waals surface area contributed by atoms with E-state index in [2.05, 4.69) is 40.3 Å². The first-order valence-corrected chi connectivity index (χ1v) is 7.53. The highest BCUT2D eigenvalue weighted by atomic mass is 79.9. The molecule has 0 aromatic heterocycles. The molecule has 0 bridgehead atoms. The largest absolute Gasteiger partial charge is 0.306 e. The van der Waals surface area contributed by atoms with Crippen LogP contribution in [0.5, 0.6) is 0 Å². The van der Waals surface area contributed by atoms with Gasteiger partial charge in [0.25, 0.3) is 0 Å². The van der Waals surface area contributed by atoms with Crippen molar-refractivity contribution in [3.05, 3.63) is 68.1 Å². The quantitative estimate of drug-likeness (QED) is 0.749. The normalized spacial score (nSPS) is 12.4. The first kappa shape index (κ1) is 14.9. The zero-order chi connectivity index (χ0) is 13.8. The molecule has 4 heteroatoms. The molecule has 0 heterocycles. The Kier molecular flexibility index (Phi) is 5.28. The van der Waals surface area contributed by atoms with Crippen molar-refractivity contribution in [1.29, 1.82) is 0 Å². The Morgan fingerprint density at radius 2 is 1.79 bits per heavy atom. The lowest BCUT2D eigenvalue weighted by Crippen LogP contribution is -2.18. The van der Waals surface area contributed by atoms with Crippen LogP contribution >= 0.6 is 39.1 Å². The highest BCUT2D eigenvalue weighted by Crippen LogP contribution is 2.21. The SMILES string of the molecule is CC(NCc1cc(Cl)cc(Cl)c1)c1cccc(Br)c1. The van der Waals surface area contributed by atoms with Gasteiger partial charge in [0.05, 0.1) is 0 Å². The molecule has 0 amide bonds. The second-order valence-corrected chi connectivity index (χ2v) is 6.22. The van der Waals surface area contributed by atoms with Gasteiger partial charge in [0.1, 0.15) is 0 Å². The molecule has 0 aliphatic carbocycles. The van der Waals surface area contributed by atoms with Crippen LogP contribution in [-0.2, 0) is 6.54 Å². The van der Waals surface area contributed by atoms with E-state index in [0.29, 0.717) is 10.0 Å². The lowest BCUT2D eigenvalue weighted by Gasteiger charge is -2.15. The topological polar surface area (TPSA) is 12.0 Å². The average molecular weight is 359 g/mol. The van der Waals surface area contributed by atoms with Crippen LogP contribution in [0.2, 0.25) is 10.0 Å². The summed E-state index contributed by atoms with van der Waals surface area (Å²) in [5, 5.41) is 4.79. The monoisotopic (exact) mass is 357 g/mol. The number of nitrogens with one attached hydrogen (secondary N) is 1. The molecular formula is C15H14BrCl2N. The smallest absolute Gasteiger partial charge is 0.0424 e. The van der Waals surface area contributed by atoms with E-state index >= 15 is 0 Å². The molecule has 1 unspecified atom stereocenters. The van der Waals surface area contributed by atoms with Crippen LogP contribution in [0, 0.1) is 0 Å². The summed E-state index contributed by atoms with van der Waals surface area (Å²) in [5.74, 6) is 0. The van der Waals surface area contributed by atoms with Crippen molar-refractivity contribution in [2.24, 2.45) is 0 Å². The molecule has 1 N–H and O–H groups in total. The van der Waals surface area contributed by atoms with E-state index < -0.39 is 0 Å². The summed E-state index contributed by atoms with van der Waals surface area (Å²) in [6.07, 6.45) is 0. The Balaban J connectivity index is 2.02. The number of benzene rings is 2. The lowest BCUT2D eigenvalue weighted by molar-refractivity contribution is 0.574. The molecule has 2 aromatic carbocycles. The van der Waals surface area contributed by atoms with Gasteiger partial charge in [-0.2, -0.15) is 0 Å². The third-order valence-corrected chi connectivity index (χ3v) is 3.81. The van der Waals surface area contributed by atoms with Crippen molar-refractivity contribution in [2.45, 2.75) is 19.5 Å². The molecule has 2 rings (SSSR count). The molecule has 0 saturated carbocycles. The second kappa shape index (κ2) is 6.76. The maximum absolute atomic E-state index is 5.98. The minimum atomic E-state index is 0.259. The van der Waals surface area contributed by atoms with E-state index in [4.69, 9.17) is 23.2 Å². The fraction of sp³-hybridized carbons (Fsp3) is 0.200. The Labute approximate surface area is 132 Å². The Bertz CT molecular complexity index is 552. The van der Waals surface area contributed by atoms with Crippen molar-refractivity contribution in [2.75, 3.05) is 0 Å². The van der Waals surface area contributed by atoms with E-state index in [0.717, 1.165) is 16.6 Å². The molecule has 0 aliphatic rings. The van der Waals surface area contributed by atoms with Crippen LogP contribution in [0.1, 0.15) is 24.1 Å². The minimum Gasteiger partial charge on any atom is -0.306 e. The van der Waals surface area contributed by atoms with Crippen LogP contribution in [0.4, 0.5) is 0 Å². The molecule has 1 atom stereocenters. The van der Waals surface area contributed by atoms with Crippen LogP contribution in [0.15, 0.2) is 46.9 Å². The van der Waals surface area contributed by atoms with Crippen LogP contribution in [0.25, 0.3) is 0 Å². The summed E-state index contributed by atoms with van der Waals surface area (Å²) in [5.41, 5.74) is 2.32. The van der Waals surface area contributed by atoms with E-state index in [1.807, 2.05) is 24.3 Å². The zero-order valence-corrected chi connectivity index (χ0v) is 13.6. The van der Waals surface area contributed by atoms with E-state index in [9.17, 15) is 0 Å². The van der Waals surface area contributed by atoms with Crippen molar-refractivity contribution in [3.8, 4) is 0 Å². The summed E-state index contributed by atoms with van der Waals surface area (Å²) in [6, 6.07) is 14.1. The average Bonchev–Trinajstić information content (AvgIpc) is 2.35. The summed E-state index contributed by atoms with van der Waals surface area (Å²) >= 11 is 15.5. The van der Waals surface area contributed by atoms with E-state index in [-0.39, 0.29) is 6.04 Å². The number of rotatable bonds is 4. The van der Waals surface area contributed by atoms with Crippen molar-refractivity contribution in [3.63, 3.8) is 0 Å². The van der Waals surface area contributed by atoms with Gasteiger partial charge in [-0.1, -0.05) is 51.3 Å². The predicted molar refractivity (Wildman–Crippen MR) is 85.9 cm³/mol. The fourth-order valence-corrected chi connectivity index (χ4v) is 2.87. The summed E-state index contributed by atoms with van der Waals surface area (Å²) in [4.78, 5) is 0. The first-order valence-electron chi connectivity index (χ1n) is 5.98. The maximum Gasteiger partial charge on any atom is 0.0424 e. The molecule has 19 heavy (non-hydrogen) atoms. The third kappa shape index (κ3) is 4.50. The molecule has 0 saturated heterocycles. The van der Waals surface area contributed by atoms with Crippen molar-refractivity contribution < 1.29 is 0 Å². The van der Waals surface area contributed by atoms with E-state index in [1.54, 1.807) is 6.07 Å². The standard InChI is InChI=1S/C15H14BrCl2N/c1-10(12-3-2-4-13(16)7-12)19-9-11-5-14(17)8-15(18)6-11/h2-8,10,19H,9H2,1H3. The molecular weight excluding hydrogens is 345 g/mol. The maximum atomic E-state index is 5.98. The van der Waals surface area contributed by atoms with Crippen LogP contribution in [-0.4, -0.2) is 0 Å². The fourth-order valence-electron chi connectivity index (χ4n) is 1.88. The molecule has 0 fully saturated rings. The van der Waals surface area contributed by atoms with Crippen LogP contribution < -0.4 is 5.32 Å². The molecule has 2 aromatic rings. The second-order valence-electron chi connectivity index (χ2n) is 4.44. The Morgan fingerprint density at radius 1 is 1.11 bits per heavy atom. The van der Waals surface area contributed by atoms with Gasteiger partial charge in [0, 0.05) is 27.1 Å². The van der Waals surface area contributed by atoms with E-state index in [1.165, 1.54) is 5.56 Å². The summed E-state index contributed by atoms with van der Waals surface area (Å²) in [7, 11) is 0. The van der Waals surface area contributed by atoms with Gasteiger partial charge in [0.15, 0.2) is 0 Å².